The van der Waals surface area contributed by atoms with Gasteiger partial charge in [-0.1, -0.05) is 11.8 Å². The number of alkyl halides is 6. The molecule has 0 fully saturated rings. The largest absolute Gasteiger partial charge is 0.456 e. The van der Waals surface area contributed by atoms with Crippen molar-refractivity contribution >= 4 is 16.9 Å². The van der Waals surface area contributed by atoms with Gasteiger partial charge in [-0.15, -0.1) is 0 Å². The van der Waals surface area contributed by atoms with Crippen molar-refractivity contribution in [1.82, 2.24) is 0 Å². The minimum atomic E-state index is -5.90. The second-order valence-corrected chi connectivity index (χ2v) is 3.99. The molecular formula is C7H8F6OS. The van der Waals surface area contributed by atoms with E-state index in [1.165, 1.54) is 0 Å². The van der Waals surface area contributed by atoms with Crippen LogP contribution in [0.5, 0.6) is 0 Å². The Bertz CT molecular complexity index is 226. The van der Waals surface area contributed by atoms with E-state index in [2.05, 4.69) is 0 Å². The molecule has 0 aromatic carbocycles. The van der Waals surface area contributed by atoms with Crippen molar-refractivity contribution in [3.8, 4) is 0 Å². The fourth-order valence-corrected chi connectivity index (χ4v) is 1.28. The molecule has 0 bridgehead atoms. The first kappa shape index (κ1) is 14.6. The molecule has 1 atom stereocenters. The van der Waals surface area contributed by atoms with Crippen LogP contribution in [0.15, 0.2) is 0 Å². The van der Waals surface area contributed by atoms with E-state index >= 15 is 0 Å². The zero-order valence-corrected chi connectivity index (χ0v) is 8.39. The number of thioether (sulfide) groups is 1. The van der Waals surface area contributed by atoms with Gasteiger partial charge in [-0.2, -0.15) is 22.0 Å². The monoisotopic (exact) mass is 254 g/mol. The molecule has 0 aliphatic heterocycles. The first-order chi connectivity index (χ1) is 6.59. The van der Waals surface area contributed by atoms with Gasteiger partial charge in [0.05, 0.1) is 0 Å². The van der Waals surface area contributed by atoms with Gasteiger partial charge in [-0.25, -0.2) is 4.39 Å². The number of rotatable bonds is 4. The maximum absolute atomic E-state index is 12.5. The molecule has 0 spiro atoms. The van der Waals surface area contributed by atoms with Crippen LogP contribution in [-0.4, -0.2) is 29.1 Å². The van der Waals surface area contributed by atoms with Gasteiger partial charge in [0.2, 0.25) is 0 Å². The highest BCUT2D eigenvalue weighted by Gasteiger charge is 2.62. The van der Waals surface area contributed by atoms with E-state index in [9.17, 15) is 31.1 Å². The Hall–Kier alpha value is -0.400. The van der Waals surface area contributed by atoms with E-state index < -0.39 is 35.6 Å². The summed E-state index contributed by atoms with van der Waals surface area (Å²) in [5, 5.41) is -0.461. The van der Waals surface area contributed by atoms with Crippen molar-refractivity contribution < 1.29 is 31.1 Å². The predicted molar refractivity (Wildman–Crippen MR) is 43.7 cm³/mol. The van der Waals surface area contributed by atoms with Gasteiger partial charge in [0, 0.05) is 12.7 Å². The van der Waals surface area contributed by atoms with Crippen molar-refractivity contribution in [2.75, 3.05) is 5.75 Å². The molecule has 0 rings (SSSR count). The number of hydrogen-bond acceptors (Lipinski definition) is 2. The van der Waals surface area contributed by atoms with Gasteiger partial charge in [0.25, 0.3) is 0 Å². The van der Waals surface area contributed by atoms with Crippen molar-refractivity contribution in [2.45, 2.75) is 31.6 Å². The van der Waals surface area contributed by atoms with E-state index in [1.54, 1.807) is 0 Å². The first-order valence-electron chi connectivity index (χ1n) is 3.81. The Kier molecular flexibility index (Phi) is 4.95. The third-order valence-electron chi connectivity index (χ3n) is 1.45. The van der Waals surface area contributed by atoms with Crippen LogP contribution in [0.25, 0.3) is 0 Å². The number of carbonyl (C=O) groups is 1. The Morgan fingerprint density at radius 1 is 1.27 bits per heavy atom. The summed E-state index contributed by atoms with van der Waals surface area (Å²) >= 11 is 0.507. The second kappa shape index (κ2) is 5.09. The molecule has 0 saturated carbocycles. The van der Waals surface area contributed by atoms with Crippen molar-refractivity contribution in [3.05, 3.63) is 0 Å². The van der Waals surface area contributed by atoms with Crippen LogP contribution in [0.3, 0.4) is 0 Å². The predicted octanol–water partition coefficient (Wildman–Crippen LogP) is 3.19. The number of halogens is 6. The summed E-state index contributed by atoms with van der Waals surface area (Å²) in [5.41, 5.74) is 0. The molecule has 0 aromatic heterocycles. The highest BCUT2D eigenvalue weighted by Crippen LogP contribution is 2.40. The maximum atomic E-state index is 12.5. The normalized spacial score (nSPS) is 15.1. The minimum absolute atomic E-state index is 0.401. The quantitative estimate of drug-likeness (QED) is 0.717. The standard InChI is InChI=1S/C7H8F6OS/c1-4(14)15-3-2-5(8)6(9,10)7(11,12)13/h5H,2-3H2,1H3. The van der Waals surface area contributed by atoms with E-state index in [0.717, 1.165) is 6.92 Å². The smallest absolute Gasteiger partial charge is 0.288 e. The lowest BCUT2D eigenvalue weighted by Crippen LogP contribution is -2.45. The highest BCUT2D eigenvalue weighted by atomic mass is 32.2. The molecule has 1 nitrogen and oxygen atoms in total. The molecule has 0 amide bonds. The number of hydrogen-bond donors (Lipinski definition) is 0. The molecular weight excluding hydrogens is 246 g/mol. The topological polar surface area (TPSA) is 17.1 Å². The van der Waals surface area contributed by atoms with E-state index in [4.69, 9.17) is 0 Å². The van der Waals surface area contributed by atoms with Gasteiger partial charge in [-0.3, -0.25) is 4.79 Å². The summed E-state index contributed by atoms with van der Waals surface area (Å²) < 4.78 is 71.9. The molecule has 8 heteroatoms. The highest BCUT2D eigenvalue weighted by molar-refractivity contribution is 8.13. The fraction of sp³-hybridized carbons (Fsp3) is 0.857. The van der Waals surface area contributed by atoms with Gasteiger partial charge in [-0.05, 0) is 6.42 Å². The summed E-state index contributed by atoms with van der Waals surface area (Å²) in [5.74, 6) is -5.76. The van der Waals surface area contributed by atoms with Crippen LogP contribution >= 0.6 is 11.8 Å². The molecule has 1 unspecified atom stereocenters. The van der Waals surface area contributed by atoms with Crippen LogP contribution in [-0.2, 0) is 4.79 Å². The van der Waals surface area contributed by atoms with E-state index in [0.29, 0.717) is 11.8 Å². The zero-order chi connectivity index (χ0) is 12.3. The molecule has 0 heterocycles. The molecule has 0 aliphatic rings. The minimum Gasteiger partial charge on any atom is -0.288 e. The van der Waals surface area contributed by atoms with E-state index in [1.807, 2.05) is 0 Å². The average molecular weight is 254 g/mol. The molecule has 90 valence electrons. The summed E-state index contributed by atoms with van der Waals surface area (Å²) in [6.07, 6.45) is -10.2. The van der Waals surface area contributed by atoms with Gasteiger partial charge >= 0.3 is 12.1 Å². The van der Waals surface area contributed by atoms with Crippen LogP contribution in [0.2, 0.25) is 0 Å². The molecule has 15 heavy (non-hydrogen) atoms. The summed E-state index contributed by atoms with van der Waals surface area (Å²) in [6, 6.07) is 0. The molecule has 0 aliphatic carbocycles. The molecule has 0 aromatic rings. The Morgan fingerprint density at radius 2 is 1.73 bits per heavy atom. The SMILES string of the molecule is CC(=O)SCCC(F)C(F)(F)C(F)(F)F. The van der Waals surface area contributed by atoms with Crippen molar-refractivity contribution in [2.24, 2.45) is 0 Å². The first-order valence-corrected chi connectivity index (χ1v) is 4.79. The summed E-state index contributed by atoms with van der Waals surface area (Å²) in [6.45, 7) is 1.11. The average Bonchev–Trinajstić information content (AvgIpc) is 2.01. The molecule has 0 saturated heterocycles. The summed E-state index contributed by atoms with van der Waals surface area (Å²) in [4.78, 5) is 10.3. The van der Waals surface area contributed by atoms with Gasteiger partial charge in [0.1, 0.15) is 0 Å². The second-order valence-electron chi connectivity index (χ2n) is 2.72. The molecule has 0 radical (unpaired) electrons. The van der Waals surface area contributed by atoms with E-state index in [-0.39, 0.29) is 0 Å². The third kappa shape index (κ3) is 4.31. The van der Waals surface area contributed by atoms with Crippen molar-refractivity contribution in [3.63, 3.8) is 0 Å². The Balaban J connectivity index is 4.20. The Morgan fingerprint density at radius 3 is 2.07 bits per heavy atom. The lowest BCUT2D eigenvalue weighted by atomic mass is 10.1. The fourth-order valence-electron chi connectivity index (χ4n) is 0.665. The lowest BCUT2D eigenvalue weighted by Gasteiger charge is -2.22. The van der Waals surface area contributed by atoms with Crippen LogP contribution in [0.4, 0.5) is 26.3 Å². The maximum Gasteiger partial charge on any atom is 0.456 e. The lowest BCUT2D eigenvalue weighted by molar-refractivity contribution is -0.303. The Labute approximate surface area is 86.2 Å². The third-order valence-corrected chi connectivity index (χ3v) is 2.29. The van der Waals surface area contributed by atoms with Gasteiger partial charge < -0.3 is 0 Å². The van der Waals surface area contributed by atoms with Crippen LogP contribution in [0, 0.1) is 0 Å². The van der Waals surface area contributed by atoms with Crippen LogP contribution < -0.4 is 0 Å². The summed E-state index contributed by atoms with van der Waals surface area (Å²) in [7, 11) is 0. The van der Waals surface area contributed by atoms with Gasteiger partial charge in [0.15, 0.2) is 11.3 Å². The molecule has 0 N–H and O–H groups in total. The zero-order valence-electron chi connectivity index (χ0n) is 7.58. The number of carbonyl (C=O) groups excluding carboxylic acids is 1. The van der Waals surface area contributed by atoms with Crippen LogP contribution in [0.1, 0.15) is 13.3 Å². The van der Waals surface area contributed by atoms with Crippen molar-refractivity contribution in [1.29, 1.82) is 0 Å².